The number of aromatic nitrogens is 2. The van der Waals surface area contributed by atoms with E-state index in [9.17, 15) is 9.59 Å². The number of halogens is 1. The summed E-state index contributed by atoms with van der Waals surface area (Å²) in [6, 6.07) is 15.8. The van der Waals surface area contributed by atoms with Crippen LogP contribution in [0.15, 0.2) is 72.4 Å². The maximum atomic E-state index is 12.7. The molecule has 0 aliphatic carbocycles. The van der Waals surface area contributed by atoms with Crippen LogP contribution in [0.1, 0.15) is 34.1 Å². The molecule has 4 aromatic rings. The molecule has 2 aromatic heterocycles. The summed E-state index contributed by atoms with van der Waals surface area (Å²) >= 11 is 7.68. The van der Waals surface area contributed by atoms with Gasteiger partial charge in [0, 0.05) is 17.8 Å². The number of amides is 2. The largest absolute Gasteiger partial charge is 0.350 e. The van der Waals surface area contributed by atoms with Crippen LogP contribution in [0, 0.1) is 0 Å². The van der Waals surface area contributed by atoms with Crippen LogP contribution in [0.25, 0.3) is 4.96 Å². The monoisotopic (exact) mass is 438 g/mol. The zero-order valence-electron chi connectivity index (χ0n) is 15.9. The second-order valence-electron chi connectivity index (χ2n) is 6.72. The molecule has 0 fully saturated rings. The van der Waals surface area contributed by atoms with Gasteiger partial charge in [0.05, 0.1) is 35.3 Å². The molecule has 0 spiro atoms. The van der Waals surface area contributed by atoms with E-state index in [1.807, 2.05) is 52.5 Å². The van der Waals surface area contributed by atoms with Crippen molar-refractivity contribution < 1.29 is 9.59 Å². The van der Waals surface area contributed by atoms with Crippen molar-refractivity contribution in [2.24, 2.45) is 0 Å². The second-order valence-corrected chi connectivity index (χ2v) is 8.00. The van der Waals surface area contributed by atoms with Crippen LogP contribution in [-0.4, -0.2) is 21.2 Å². The number of fused-ring (bicyclic) bond motifs is 1. The molecule has 30 heavy (non-hydrogen) atoms. The Balaban J connectivity index is 1.44. The van der Waals surface area contributed by atoms with Gasteiger partial charge in [-0.15, -0.1) is 11.3 Å². The molecule has 0 bridgehead atoms. The van der Waals surface area contributed by atoms with E-state index in [0.717, 1.165) is 16.2 Å². The maximum absolute atomic E-state index is 12.7. The first-order valence-corrected chi connectivity index (χ1v) is 10.6. The second kappa shape index (κ2) is 9.11. The van der Waals surface area contributed by atoms with Crippen molar-refractivity contribution in [3.05, 3.63) is 94.2 Å². The minimum Gasteiger partial charge on any atom is -0.350 e. The Morgan fingerprint density at radius 2 is 1.87 bits per heavy atom. The number of thiazole rings is 1. The molecule has 2 N–H and O–H groups in total. The van der Waals surface area contributed by atoms with E-state index in [2.05, 4.69) is 15.6 Å². The first kappa shape index (κ1) is 20.1. The van der Waals surface area contributed by atoms with E-state index in [0.29, 0.717) is 17.1 Å². The molecule has 0 radical (unpaired) electrons. The van der Waals surface area contributed by atoms with Gasteiger partial charge in [0.1, 0.15) is 0 Å². The maximum Gasteiger partial charge on any atom is 0.253 e. The van der Waals surface area contributed by atoms with Crippen molar-refractivity contribution in [1.29, 1.82) is 0 Å². The zero-order valence-corrected chi connectivity index (χ0v) is 17.5. The predicted molar refractivity (Wildman–Crippen MR) is 118 cm³/mol. The van der Waals surface area contributed by atoms with Crippen molar-refractivity contribution in [2.45, 2.75) is 19.0 Å². The highest BCUT2D eigenvalue weighted by Gasteiger charge is 2.20. The third-order valence-corrected chi connectivity index (χ3v) is 5.73. The van der Waals surface area contributed by atoms with Crippen LogP contribution in [0.2, 0.25) is 5.02 Å². The molecular weight excluding hydrogens is 420 g/mol. The van der Waals surface area contributed by atoms with Gasteiger partial charge < -0.3 is 10.6 Å². The fourth-order valence-corrected chi connectivity index (χ4v) is 4.07. The number of hydrogen-bond donors (Lipinski definition) is 2. The van der Waals surface area contributed by atoms with Crippen LogP contribution in [0.4, 0.5) is 0 Å². The molecule has 0 aliphatic rings. The summed E-state index contributed by atoms with van der Waals surface area (Å²) in [4.78, 5) is 30.7. The normalized spacial score (nSPS) is 11.9. The number of carbonyl (C=O) groups is 2. The van der Waals surface area contributed by atoms with Gasteiger partial charge in [-0.2, -0.15) is 0 Å². The highest BCUT2D eigenvalue weighted by atomic mass is 35.5. The first-order valence-electron chi connectivity index (χ1n) is 9.38. The van der Waals surface area contributed by atoms with Gasteiger partial charge in [0.15, 0.2) is 4.96 Å². The van der Waals surface area contributed by atoms with Gasteiger partial charge in [-0.05, 0) is 17.7 Å². The van der Waals surface area contributed by atoms with Gasteiger partial charge in [0.2, 0.25) is 5.91 Å². The lowest BCUT2D eigenvalue weighted by Crippen LogP contribution is -2.33. The Hall–Kier alpha value is -3.16. The highest BCUT2D eigenvalue weighted by molar-refractivity contribution is 7.15. The molecule has 8 heteroatoms. The van der Waals surface area contributed by atoms with Crippen LogP contribution < -0.4 is 10.6 Å². The van der Waals surface area contributed by atoms with E-state index >= 15 is 0 Å². The van der Waals surface area contributed by atoms with Gasteiger partial charge in [-0.25, -0.2) is 4.98 Å². The molecule has 152 valence electrons. The number of benzene rings is 2. The van der Waals surface area contributed by atoms with E-state index in [1.54, 1.807) is 24.3 Å². The quantitative estimate of drug-likeness (QED) is 0.453. The minimum atomic E-state index is -0.486. The molecule has 2 aromatic carbocycles. The van der Waals surface area contributed by atoms with E-state index in [1.165, 1.54) is 11.3 Å². The Morgan fingerprint density at radius 3 is 2.63 bits per heavy atom. The van der Waals surface area contributed by atoms with Crippen molar-refractivity contribution in [2.75, 3.05) is 0 Å². The number of hydrogen-bond acceptors (Lipinski definition) is 4. The standard InChI is InChI=1S/C22H19ClN4O2S/c23-18-9-5-4-8-17(18)21(29)26-19(15-6-2-1-3-7-15)12-20(28)24-13-16-14-27-10-11-30-22(27)25-16/h1-11,14,19H,12-13H2,(H,24,28)(H,26,29). The number of rotatable bonds is 7. The molecule has 0 saturated heterocycles. The molecule has 0 saturated carbocycles. The van der Waals surface area contributed by atoms with Gasteiger partial charge in [0.25, 0.3) is 5.91 Å². The topological polar surface area (TPSA) is 75.5 Å². The summed E-state index contributed by atoms with van der Waals surface area (Å²) in [7, 11) is 0. The SMILES string of the molecule is O=C(CC(NC(=O)c1ccccc1Cl)c1ccccc1)NCc1cn2ccsc2n1. The van der Waals surface area contributed by atoms with Crippen molar-refractivity contribution in [1.82, 2.24) is 20.0 Å². The lowest BCUT2D eigenvalue weighted by atomic mass is 10.0. The van der Waals surface area contributed by atoms with Gasteiger partial charge in [-0.1, -0.05) is 54.1 Å². The highest BCUT2D eigenvalue weighted by Crippen LogP contribution is 2.20. The third-order valence-electron chi connectivity index (χ3n) is 4.63. The van der Waals surface area contributed by atoms with Crippen LogP contribution in [0.5, 0.6) is 0 Å². The molecule has 1 atom stereocenters. The molecule has 6 nitrogen and oxygen atoms in total. The van der Waals surface area contributed by atoms with Gasteiger partial charge >= 0.3 is 0 Å². The Morgan fingerprint density at radius 1 is 1.10 bits per heavy atom. The fourth-order valence-electron chi connectivity index (χ4n) is 3.13. The van der Waals surface area contributed by atoms with E-state index in [4.69, 9.17) is 11.6 Å². The molecular formula is C22H19ClN4O2S. The number of imidazole rings is 1. The summed E-state index contributed by atoms with van der Waals surface area (Å²) in [5.74, 6) is -0.503. The minimum absolute atomic E-state index is 0.0996. The third kappa shape index (κ3) is 4.69. The van der Waals surface area contributed by atoms with Gasteiger partial charge in [-0.3, -0.25) is 14.0 Å². The van der Waals surface area contributed by atoms with Crippen LogP contribution >= 0.6 is 22.9 Å². The lowest BCUT2D eigenvalue weighted by Gasteiger charge is -2.19. The van der Waals surface area contributed by atoms with E-state index in [-0.39, 0.29) is 18.2 Å². The molecule has 2 amide bonds. The van der Waals surface area contributed by atoms with Crippen LogP contribution in [-0.2, 0) is 11.3 Å². The smallest absolute Gasteiger partial charge is 0.253 e. The molecule has 1 unspecified atom stereocenters. The number of nitrogens with zero attached hydrogens (tertiary/aromatic N) is 2. The van der Waals surface area contributed by atoms with Crippen molar-refractivity contribution >= 4 is 39.7 Å². The first-order chi connectivity index (χ1) is 14.6. The van der Waals surface area contributed by atoms with Crippen molar-refractivity contribution in [3.8, 4) is 0 Å². The van der Waals surface area contributed by atoms with E-state index < -0.39 is 6.04 Å². The Labute approximate surface area is 182 Å². The average molecular weight is 439 g/mol. The predicted octanol–water partition coefficient (Wildman–Crippen LogP) is 4.23. The zero-order chi connectivity index (χ0) is 20.9. The van der Waals surface area contributed by atoms with Crippen molar-refractivity contribution in [3.63, 3.8) is 0 Å². The molecule has 0 aliphatic heterocycles. The Bertz CT molecular complexity index is 1140. The average Bonchev–Trinajstić information content (AvgIpc) is 3.34. The summed E-state index contributed by atoms with van der Waals surface area (Å²) in [5.41, 5.74) is 2.00. The molecule has 2 heterocycles. The summed E-state index contributed by atoms with van der Waals surface area (Å²) < 4.78 is 1.92. The summed E-state index contributed by atoms with van der Waals surface area (Å²) in [6.07, 6.45) is 3.91. The fraction of sp³-hybridized carbons (Fsp3) is 0.136. The number of nitrogens with one attached hydrogen (secondary N) is 2. The summed E-state index contributed by atoms with van der Waals surface area (Å²) in [6.45, 7) is 0.327. The van der Waals surface area contributed by atoms with Crippen LogP contribution in [0.3, 0.4) is 0 Å². The lowest BCUT2D eigenvalue weighted by molar-refractivity contribution is -0.121. The molecule has 4 rings (SSSR count). The summed E-state index contributed by atoms with van der Waals surface area (Å²) in [5, 5.41) is 8.14. The number of carbonyl (C=O) groups excluding carboxylic acids is 2. The Kier molecular flexibility index (Phi) is 6.11.